The number of benzene rings is 2. The summed E-state index contributed by atoms with van der Waals surface area (Å²) >= 11 is 0. The van der Waals surface area contributed by atoms with Crippen LogP contribution in [0.2, 0.25) is 0 Å². The van der Waals surface area contributed by atoms with Crippen LogP contribution in [0.5, 0.6) is 17.2 Å². The minimum atomic E-state index is -0.248. The molecule has 0 aromatic heterocycles. The Bertz CT molecular complexity index is 790. The molecule has 0 aliphatic rings. The van der Waals surface area contributed by atoms with Gasteiger partial charge >= 0.3 is 0 Å². The molecule has 28 heavy (non-hydrogen) atoms. The smallest absolute Gasteiger partial charge is 0.251 e. The molecule has 7 heteroatoms. The summed E-state index contributed by atoms with van der Waals surface area (Å²) in [5, 5.41) is 5.54. The Morgan fingerprint density at radius 1 is 0.786 bits per heavy atom. The summed E-state index contributed by atoms with van der Waals surface area (Å²) in [5.41, 5.74) is 0.994. The van der Waals surface area contributed by atoms with Crippen molar-refractivity contribution in [1.29, 1.82) is 0 Å². The van der Waals surface area contributed by atoms with Crippen molar-refractivity contribution < 1.29 is 23.8 Å². The topological polar surface area (TPSA) is 85.9 Å². The van der Waals surface area contributed by atoms with Crippen molar-refractivity contribution in [3.05, 3.63) is 53.6 Å². The second-order valence-electron chi connectivity index (χ2n) is 5.77. The van der Waals surface area contributed by atoms with E-state index in [4.69, 9.17) is 14.2 Å². The Labute approximate surface area is 165 Å². The average Bonchev–Trinajstić information content (AvgIpc) is 2.72. The lowest BCUT2D eigenvalue weighted by Crippen LogP contribution is -2.34. The molecule has 2 aromatic rings. The third kappa shape index (κ3) is 5.90. The summed E-state index contributed by atoms with van der Waals surface area (Å²) in [7, 11) is 1.57. The van der Waals surface area contributed by atoms with E-state index >= 15 is 0 Å². The van der Waals surface area contributed by atoms with Crippen LogP contribution < -0.4 is 24.8 Å². The lowest BCUT2D eigenvalue weighted by atomic mass is 10.2. The molecule has 7 nitrogen and oxygen atoms in total. The van der Waals surface area contributed by atoms with E-state index < -0.39 is 0 Å². The van der Waals surface area contributed by atoms with Gasteiger partial charge in [-0.1, -0.05) is 0 Å². The Hall–Kier alpha value is -3.22. The van der Waals surface area contributed by atoms with Gasteiger partial charge in [-0.2, -0.15) is 0 Å². The van der Waals surface area contributed by atoms with Crippen LogP contribution in [-0.2, 0) is 0 Å². The normalized spacial score (nSPS) is 10.1. The molecular weight excluding hydrogens is 360 g/mol. The maximum Gasteiger partial charge on any atom is 0.251 e. The van der Waals surface area contributed by atoms with Crippen LogP contribution in [0.1, 0.15) is 34.6 Å². The van der Waals surface area contributed by atoms with Gasteiger partial charge in [-0.05, 0) is 56.3 Å². The highest BCUT2D eigenvalue weighted by molar-refractivity contribution is 5.95. The molecule has 2 aromatic carbocycles. The van der Waals surface area contributed by atoms with Gasteiger partial charge in [0.25, 0.3) is 11.8 Å². The standard InChI is InChI=1S/C21H26N2O5/c1-4-27-18-11-8-16(14-19(18)28-5-2)21(25)23-13-12-22-20(24)15-6-9-17(26-3)10-7-15/h6-11,14H,4-5,12-13H2,1-3H3,(H,22,24)(H,23,25). The summed E-state index contributed by atoms with van der Waals surface area (Å²) < 4.78 is 16.1. The van der Waals surface area contributed by atoms with Crippen molar-refractivity contribution in [2.24, 2.45) is 0 Å². The lowest BCUT2D eigenvalue weighted by molar-refractivity contribution is 0.0927. The zero-order valence-electron chi connectivity index (χ0n) is 16.4. The number of carbonyl (C=O) groups is 2. The Kier molecular flexibility index (Phi) is 8.14. The first-order chi connectivity index (χ1) is 13.6. The highest BCUT2D eigenvalue weighted by Gasteiger charge is 2.11. The molecule has 0 atom stereocenters. The summed E-state index contributed by atoms with van der Waals surface area (Å²) in [6, 6.07) is 11.9. The zero-order valence-corrected chi connectivity index (χ0v) is 16.4. The van der Waals surface area contributed by atoms with Crippen molar-refractivity contribution in [3.8, 4) is 17.2 Å². The van der Waals surface area contributed by atoms with E-state index in [2.05, 4.69) is 10.6 Å². The first-order valence-electron chi connectivity index (χ1n) is 9.19. The van der Waals surface area contributed by atoms with Gasteiger partial charge < -0.3 is 24.8 Å². The van der Waals surface area contributed by atoms with Gasteiger partial charge in [-0.25, -0.2) is 0 Å². The Balaban J connectivity index is 1.84. The second kappa shape index (κ2) is 10.8. The third-order valence-corrected chi connectivity index (χ3v) is 3.85. The van der Waals surface area contributed by atoms with E-state index in [1.165, 1.54) is 0 Å². The van der Waals surface area contributed by atoms with Crippen LogP contribution in [0.3, 0.4) is 0 Å². The van der Waals surface area contributed by atoms with Gasteiger partial charge in [0.1, 0.15) is 5.75 Å². The molecular formula is C21H26N2O5. The van der Waals surface area contributed by atoms with Gasteiger partial charge in [-0.3, -0.25) is 9.59 Å². The minimum absolute atomic E-state index is 0.211. The summed E-state index contributed by atoms with van der Waals surface area (Å²) in [5.74, 6) is 1.36. The maximum atomic E-state index is 12.3. The fourth-order valence-corrected chi connectivity index (χ4v) is 2.49. The molecule has 0 unspecified atom stereocenters. The highest BCUT2D eigenvalue weighted by Crippen LogP contribution is 2.28. The molecule has 0 radical (unpaired) electrons. The fraction of sp³-hybridized carbons (Fsp3) is 0.333. The number of methoxy groups -OCH3 is 1. The highest BCUT2D eigenvalue weighted by atomic mass is 16.5. The fourth-order valence-electron chi connectivity index (χ4n) is 2.49. The SMILES string of the molecule is CCOc1ccc(C(=O)NCCNC(=O)c2ccc(OC)cc2)cc1OCC. The molecule has 0 fully saturated rings. The van der Waals surface area contributed by atoms with Gasteiger partial charge in [-0.15, -0.1) is 0 Å². The number of rotatable bonds is 10. The number of amides is 2. The van der Waals surface area contributed by atoms with Crippen molar-refractivity contribution in [3.63, 3.8) is 0 Å². The molecule has 150 valence electrons. The van der Waals surface area contributed by atoms with Crippen molar-refractivity contribution in [2.45, 2.75) is 13.8 Å². The number of nitrogens with one attached hydrogen (secondary N) is 2. The molecule has 0 aliphatic carbocycles. The quantitative estimate of drug-likeness (QED) is 0.613. The molecule has 0 bridgehead atoms. The molecule has 0 saturated heterocycles. The summed E-state index contributed by atoms with van der Waals surface area (Å²) in [4.78, 5) is 24.4. The van der Waals surface area contributed by atoms with Crippen LogP contribution in [0, 0.1) is 0 Å². The zero-order chi connectivity index (χ0) is 20.4. The van der Waals surface area contributed by atoms with E-state index in [1.807, 2.05) is 13.8 Å². The van der Waals surface area contributed by atoms with Gasteiger partial charge in [0.05, 0.1) is 20.3 Å². The van der Waals surface area contributed by atoms with Crippen LogP contribution in [0.25, 0.3) is 0 Å². The number of carbonyl (C=O) groups excluding carboxylic acids is 2. The van der Waals surface area contributed by atoms with Gasteiger partial charge in [0.2, 0.25) is 0 Å². The predicted octanol–water partition coefficient (Wildman–Crippen LogP) is 2.65. The number of hydrogen-bond acceptors (Lipinski definition) is 5. The largest absolute Gasteiger partial charge is 0.497 e. The molecule has 0 saturated carbocycles. The molecule has 2 N–H and O–H groups in total. The monoisotopic (exact) mass is 386 g/mol. The van der Waals surface area contributed by atoms with Crippen molar-refractivity contribution in [2.75, 3.05) is 33.4 Å². The molecule has 0 aliphatic heterocycles. The first kappa shape index (κ1) is 21.1. The Morgan fingerprint density at radius 2 is 1.32 bits per heavy atom. The van der Waals surface area contributed by atoms with Crippen molar-refractivity contribution >= 4 is 11.8 Å². The molecule has 0 spiro atoms. The van der Waals surface area contributed by atoms with Gasteiger partial charge in [0, 0.05) is 24.2 Å². The molecule has 2 rings (SSSR count). The number of ether oxygens (including phenoxy) is 3. The average molecular weight is 386 g/mol. The van der Waals surface area contributed by atoms with Crippen LogP contribution >= 0.6 is 0 Å². The van der Waals surface area contributed by atoms with Crippen molar-refractivity contribution in [1.82, 2.24) is 10.6 Å². The predicted molar refractivity (Wildman–Crippen MR) is 106 cm³/mol. The number of hydrogen-bond donors (Lipinski definition) is 2. The first-order valence-corrected chi connectivity index (χ1v) is 9.19. The lowest BCUT2D eigenvalue weighted by Gasteiger charge is -2.12. The summed E-state index contributed by atoms with van der Waals surface area (Å²) in [6.07, 6.45) is 0. The van der Waals surface area contributed by atoms with Crippen LogP contribution in [-0.4, -0.2) is 45.2 Å². The van der Waals surface area contributed by atoms with E-state index in [1.54, 1.807) is 49.6 Å². The van der Waals surface area contributed by atoms with E-state index in [0.29, 0.717) is 54.7 Å². The van der Waals surface area contributed by atoms with E-state index in [0.717, 1.165) is 0 Å². The minimum Gasteiger partial charge on any atom is -0.497 e. The Morgan fingerprint density at radius 3 is 1.89 bits per heavy atom. The summed E-state index contributed by atoms with van der Waals surface area (Å²) in [6.45, 7) is 5.36. The second-order valence-corrected chi connectivity index (χ2v) is 5.77. The maximum absolute atomic E-state index is 12.3. The van der Waals surface area contributed by atoms with E-state index in [-0.39, 0.29) is 11.8 Å². The van der Waals surface area contributed by atoms with Crippen LogP contribution in [0.4, 0.5) is 0 Å². The molecule has 0 heterocycles. The van der Waals surface area contributed by atoms with Gasteiger partial charge in [0.15, 0.2) is 11.5 Å². The molecule has 2 amide bonds. The van der Waals surface area contributed by atoms with Crippen LogP contribution in [0.15, 0.2) is 42.5 Å². The third-order valence-electron chi connectivity index (χ3n) is 3.85. The van der Waals surface area contributed by atoms with E-state index in [9.17, 15) is 9.59 Å².